The number of benzene rings is 1. The number of likely N-dealkylation sites (tertiary alicyclic amines) is 1. The molecule has 1 aromatic carbocycles. The molecule has 2 aliphatic heterocycles. The average Bonchev–Trinajstić information content (AvgIpc) is 3.16. The monoisotopic (exact) mass is 372 g/mol. The minimum Gasteiger partial charge on any atom is -0.459 e. The summed E-state index contributed by atoms with van der Waals surface area (Å²) in [5, 5.41) is 7.14. The van der Waals surface area contributed by atoms with Crippen LogP contribution in [0.25, 0.3) is 11.0 Å². The molecule has 1 aromatic heterocycles. The molecule has 2 fully saturated rings. The Balaban J connectivity index is 1.47. The molecule has 1 unspecified atom stereocenters. The van der Waals surface area contributed by atoms with Crippen molar-refractivity contribution < 1.29 is 13.6 Å². The van der Waals surface area contributed by atoms with E-state index >= 15 is 0 Å². The third-order valence-electron chi connectivity index (χ3n) is 5.77. The topological polar surface area (TPSA) is 69.9 Å². The highest BCUT2D eigenvalue weighted by atomic mass is 19.1. The zero-order valence-corrected chi connectivity index (χ0v) is 15.8. The van der Waals surface area contributed by atoms with Crippen molar-refractivity contribution >= 4 is 22.8 Å². The van der Waals surface area contributed by atoms with Crippen molar-refractivity contribution in [2.45, 2.75) is 32.7 Å². The molecule has 1 spiro atoms. The normalized spacial score (nSPS) is 23.3. The summed E-state index contributed by atoms with van der Waals surface area (Å²) >= 11 is 0. The zero-order chi connectivity index (χ0) is 19.0. The van der Waals surface area contributed by atoms with Crippen LogP contribution in [0.15, 0.2) is 27.6 Å². The van der Waals surface area contributed by atoms with E-state index in [1.165, 1.54) is 12.1 Å². The van der Waals surface area contributed by atoms with E-state index in [9.17, 15) is 9.18 Å². The first kappa shape index (κ1) is 17.8. The van der Waals surface area contributed by atoms with Crippen LogP contribution in [0.3, 0.4) is 0 Å². The van der Waals surface area contributed by atoms with Crippen molar-refractivity contribution in [2.24, 2.45) is 10.4 Å². The quantitative estimate of drug-likeness (QED) is 0.628. The van der Waals surface area contributed by atoms with E-state index < -0.39 is 0 Å². The van der Waals surface area contributed by atoms with E-state index in [0.29, 0.717) is 18.5 Å². The zero-order valence-electron chi connectivity index (χ0n) is 15.8. The highest BCUT2D eigenvalue weighted by molar-refractivity contribution is 5.83. The predicted octanol–water partition coefficient (Wildman–Crippen LogP) is 2.56. The molecule has 0 bridgehead atoms. The van der Waals surface area contributed by atoms with E-state index in [1.54, 1.807) is 13.1 Å². The number of guanidine groups is 1. The molecular weight excluding hydrogens is 347 g/mol. The lowest BCUT2D eigenvalue weighted by Crippen LogP contribution is -2.51. The fourth-order valence-electron chi connectivity index (χ4n) is 4.33. The van der Waals surface area contributed by atoms with Crippen molar-refractivity contribution in [1.82, 2.24) is 15.5 Å². The van der Waals surface area contributed by atoms with E-state index in [1.807, 2.05) is 6.92 Å². The van der Waals surface area contributed by atoms with E-state index in [0.717, 1.165) is 55.1 Å². The average molecular weight is 372 g/mol. The van der Waals surface area contributed by atoms with Crippen LogP contribution >= 0.6 is 0 Å². The maximum absolute atomic E-state index is 13.5. The third kappa shape index (κ3) is 3.38. The second kappa shape index (κ2) is 6.87. The van der Waals surface area contributed by atoms with Crippen LogP contribution in [0.5, 0.6) is 0 Å². The molecule has 1 atom stereocenters. The Morgan fingerprint density at radius 3 is 3.07 bits per heavy atom. The van der Waals surface area contributed by atoms with Gasteiger partial charge in [0, 0.05) is 49.5 Å². The molecule has 7 heteroatoms. The third-order valence-corrected chi connectivity index (χ3v) is 5.77. The van der Waals surface area contributed by atoms with Gasteiger partial charge in [0.1, 0.15) is 17.2 Å². The van der Waals surface area contributed by atoms with Crippen molar-refractivity contribution in [3.05, 3.63) is 35.3 Å². The number of aryl methyl sites for hydroxylation is 1. The second-order valence-corrected chi connectivity index (χ2v) is 7.67. The first-order valence-electron chi connectivity index (χ1n) is 9.39. The van der Waals surface area contributed by atoms with E-state index in [4.69, 9.17) is 4.42 Å². The molecule has 3 heterocycles. The number of halogens is 1. The number of carbonyl (C=O) groups excluding carboxylic acids is 1. The minimum atomic E-state index is -0.264. The molecule has 2 saturated heterocycles. The highest BCUT2D eigenvalue weighted by Gasteiger charge is 2.42. The molecule has 144 valence electrons. The second-order valence-electron chi connectivity index (χ2n) is 7.67. The van der Waals surface area contributed by atoms with Gasteiger partial charge in [-0.15, -0.1) is 0 Å². The molecule has 0 saturated carbocycles. The molecule has 2 aliphatic rings. The van der Waals surface area contributed by atoms with Crippen molar-refractivity contribution in [3.63, 3.8) is 0 Å². The Morgan fingerprint density at radius 1 is 1.48 bits per heavy atom. The van der Waals surface area contributed by atoms with Gasteiger partial charge in [-0.3, -0.25) is 9.79 Å². The van der Waals surface area contributed by atoms with Gasteiger partial charge in [-0.25, -0.2) is 4.39 Å². The Bertz CT molecular complexity index is 907. The van der Waals surface area contributed by atoms with Crippen LogP contribution in [-0.2, 0) is 11.3 Å². The number of fused-ring (bicyclic) bond motifs is 1. The van der Waals surface area contributed by atoms with Gasteiger partial charge < -0.3 is 20.0 Å². The van der Waals surface area contributed by atoms with Crippen LogP contribution in [0, 0.1) is 18.2 Å². The lowest BCUT2D eigenvalue weighted by Gasteiger charge is -2.40. The van der Waals surface area contributed by atoms with Gasteiger partial charge in [0.15, 0.2) is 5.96 Å². The van der Waals surface area contributed by atoms with E-state index in [-0.39, 0.29) is 17.1 Å². The number of nitrogens with zero attached hydrogens (tertiary/aromatic N) is 2. The van der Waals surface area contributed by atoms with Gasteiger partial charge in [-0.1, -0.05) is 0 Å². The van der Waals surface area contributed by atoms with Crippen LogP contribution in [0.1, 0.15) is 30.6 Å². The van der Waals surface area contributed by atoms with Crippen LogP contribution in [0.2, 0.25) is 0 Å². The van der Waals surface area contributed by atoms with Crippen LogP contribution < -0.4 is 10.6 Å². The van der Waals surface area contributed by atoms with Crippen LogP contribution in [0.4, 0.5) is 4.39 Å². The summed E-state index contributed by atoms with van der Waals surface area (Å²) in [5.74, 6) is 1.46. The summed E-state index contributed by atoms with van der Waals surface area (Å²) in [6.07, 6.45) is 2.70. The molecular formula is C20H25FN4O2. The summed E-state index contributed by atoms with van der Waals surface area (Å²) in [6, 6.07) is 4.57. The Labute approximate surface area is 157 Å². The molecule has 2 aromatic rings. The number of nitrogens with one attached hydrogen (secondary N) is 2. The smallest absolute Gasteiger partial charge is 0.220 e. The number of carbonyl (C=O) groups is 1. The van der Waals surface area contributed by atoms with Gasteiger partial charge in [-0.2, -0.15) is 0 Å². The summed E-state index contributed by atoms with van der Waals surface area (Å²) < 4.78 is 19.4. The molecule has 0 radical (unpaired) electrons. The Morgan fingerprint density at radius 2 is 2.33 bits per heavy atom. The van der Waals surface area contributed by atoms with Crippen molar-refractivity contribution in [1.29, 1.82) is 0 Å². The summed E-state index contributed by atoms with van der Waals surface area (Å²) in [7, 11) is 1.77. The van der Waals surface area contributed by atoms with Gasteiger partial charge in [0.05, 0.1) is 6.54 Å². The molecule has 4 rings (SSSR count). The maximum atomic E-state index is 13.5. The van der Waals surface area contributed by atoms with Crippen molar-refractivity contribution in [3.8, 4) is 0 Å². The summed E-state index contributed by atoms with van der Waals surface area (Å²) in [6.45, 7) is 4.90. The summed E-state index contributed by atoms with van der Waals surface area (Å²) in [4.78, 5) is 18.4. The number of furan rings is 1. The standard InChI is InChI=1S/C20H25FN4O2/c1-13-15-8-14(21)4-5-16(15)27-17(13)10-23-19(22-2)25-7-3-6-20(12-25)9-18(26)24-11-20/h4-5,8H,3,6-7,9-12H2,1-2H3,(H,22,23)(H,24,26). The first-order chi connectivity index (χ1) is 13.0. The molecule has 27 heavy (non-hydrogen) atoms. The van der Waals surface area contributed by atoms with Gasteiger partial charge in [0.2, 0.25) is 5.91 Å². The summed E-state index contributed by atoms with van der Waals surface area (Å²) in [5.41, 5.74) is 1.64. The predicted molar refractivity (Wildman–Crippen MR) is 102 cm³/mol. The number of amides is 1. The van der Waals surface area contributed by atoms with Gasteiger partial charge in [0.25, 0.3) is 0 Å². The largest absolute Gasteiger partial charge is 0.459 e. The Hall–Kier alpha value is -2.57. The number of piperidine rings is 1. The number of hydrogen-bond acceptors (Lipinski definition) is 3. The van der Waals surface area contributed by atoms with Crippen molar-refractivity contribution in [2.75, 3.05) is 26.7 Å². The molecule has 0 aliphatic carbocycles. The number of aliphatic imine (C=N–C) groups is 1. The lowest BCUT2D eigenvalue weighted by molar-refractivity contribution is -0.119. The molecule has 1 amide bonds. The highest BCUT2D eigenvalue weighted by Crippen LogP contribution is 2.36. The molecule has 6 nitrogen and oxygen atoms in total. The first-order valence-corrected chi connectivity index (χ1v) is 9.39. The Kier molecular flexibility index (Phi) is 4.53. The fourth-order valence-corrected chi connectivity index (χ4v) is 4.33. The van der Waals surface area contributed by atoms with Crippen LogP contribution in [-0.4, -0.2) is 43.4 Å². The van der Waals surface area contributed by atoms with Gasteiger partial charge >= 0.3 is 0 Å². The van der Waals surface area contributed by atoms with Gasteiger partial charge in [-0.05, 0) is 38.0 Å². The minimum absolute atomic E-state index is 0.0136. The fraction of sp³-hybridized carbons (Fsp3) is 0.500. The SMILES string of the molecule is CN=C(NCc1oc2ccc(F)cc2c1C)N1CCCC2(CNC(=O)C2)C1. The lowest BCUT2D eigenvalue weighted by atomic mass is 9.79. The number of rotatable bonds is 2. The molecule has 2 N–H and O–H groups in total. The number of hydrogen-bond donors (Lipinski definition) is 2. The maximum Gasteiger partial charge on any atom is 0.220 e. The van der Waals surface area contributed by atoms with E-state index in [2.05, 4.69) is 20.5 Å².